The van der Waals surface area contributed by atoms with Gasteiger partial charge in [-0.05, 0) is 66.5 Å². The third kappa shape index (κ3) is 9.47. The number of piperidine rings is 1. The zero-order chi connectivity index (χ0) is 27.5. The van der Waals surface area contributed by atoms with Crippen molar-refractivity contribution in [3.63, 3.8) is 0 Å². The molecule has 1 atom stereocenters. The lowest BCUT2D eigenvalue weighted by molar-refractivity contribution is -0.145. The molecule has 2 amide bonds. The zero-order valence-corrected chi connectivity index (χ0v) is 22.6. The molecule has 1 unspecified atom stereocenters. The van der Waals surface area contributed by atoms with Crippen molar-refractivity contribution in [1.82, 2.24) is 10.2 Å². The molecule has 206 valence electrons. The number of rotatable bonds is 12. The maximum atomic E-state index is 13.4. The molecule has 0 spiro atoms. The molecule has 38 heavy (non-hydrogen) atoms. The summed E-state index contributed by atoms with van der Waals surface area (Å²) in [4.78, 5) is 39.6. The van der Waals surface area contributed by atoms with Gasteiger partial charge in [-0.25, -0.2) is 9.18 Å². The van der Waals surface area contributed by atoms with E-state index in [0.717, 1.165) is 29.7 Å². The van der Waals surface area contributed by atoms with E-state index in [1.165, 1.54) is 19.2 Å². The van der Waals surface area contributed by atoms with Gasteiger partial charge >= 0.3 is 5.97 Å². The van der Waals surface area contributed by atoms with E-state index in [1.807, 2.05) is 35.2 Å². The summed E-state index contributed by atoms with van der Waals surface area (Å²) in [5, 5.41) is 2.84. The molecule has 0 bridgehead atoms. The van der Waals surface area contributed by atoms with E-state index in [9.17, 15) is 18.8 Å². The van der Waals surface area contributed by atoms with Gasteiger partial charge < -0.3 is 19.7 Å². The second-order valence-electron chi connectivity index (χ2n) is 10.4. The number of nitrogens with zero attached hydrogens (tertiary/aromatic N) is 1. The number of esters is 1. The van der Waals surface area contributed by atoms with Crippen molar-refractivity contribution < 1.29 is 28.2 Å². The SMILES string of the molecule is COC(=O)C(Cc1ccc(OCC(C)C)cc1)NC(=O)CC1CCN(C(=O)CCc2cccc(F)c2)CC1. The van der Waals surface area contributed by atoms with Crippen LogP contribution in [0.2, 0.25) is 0 Å². The van der Waals surface area contributed by atoms with Gasteiger partial charge in [-0.3, -0.25) is 9.59 Å². The summed E-state index contributed by atoms with van der Waals surface area (Å²) >= 11 is 0. The predicted molar refractivity (Wildman–Crippen MR) is 143 cm³/mol. The first-order valence-corrected chi connectivity index (χ1v) is 13.3. The Balaban J connectivity index is 1.44. The Kier molecular flexibility index (Phi) is 11.1. The highest BCUT2D eigenvalue weighted by atomic mass is 19.1. The molecule has 2 aromatic carbocycles. The number of hydrogen-bond acceptors (Lipinski definition) is 5. The number of hydrogen-bond donors (Lipinski definition) is 1. The minimum Gasteiger partial charge on any atom is -0.493 e. The van der Waals surface area contributed by atoms with Gasteiger partial charge in [0.05, 0.1) is 13.7 Å². The molecule has 8 heteroatoms. The number of methoxy groups -OCH3 is 1. The number of halogens is 1. The third-order valence-corrected chi connectivity index (χ3v) is 6.73. The van der Waals surface area contributed by atoms with Gasteiger partial charge in [0.2, 0.25) is 11.8 Å². The number of benzene rings is 2. The van der Waals surface area contributed by atoms with Gasteiger partial charge in [-0.2, -0.15) is 0 Å². The van der Waals surface area contributed by atoms with Gasteiger partial charge in [0.25, 0.3) is 0 Å². The Labute approximate surface area is 224 Å². The number of aryl methyl sites for hydroxylation is 1. The zero-order valence-electron chi connectivity index (χ0n) is 22.6. The van der Waals surface area contributed by atoms with Gasteiger partial charge in [0, 0.05) is 32.4 Å². The van der Waals surface area contributed by atoms with Crippen LogP contribution < -0.4 is 10.1 Å². The second-order valence-corrected chi connectivity index (χ2v) is 10.4. The van der Waals surface area contributed by atoms with Gasteiger partial charge in [-0.15, -0.1) is 0 Å². The fourth-order valence-electron chi connectivity index (χ4n) is 4.56. The predicted octanol–water partition coefficient (Wildman–Crippen LogP) is 4.32. The summed E-state index contributed by atoms with van der Waals surface area (Å²) in [5.41, 5.74) is 1.70. The number of amides is 2. The molecule has 3 rings (SSSR count). The van der Waals surface area contributed by atoms with Crippen LogP contribution in [-0.2, 0) is 32.0 Å². The quantitative estimate of drug-likeness (QED) is 0.417. The summed E-state index contributed by atoms with van der Waals surface area (Å²) in [7, 11) is 1.31. The molecule has 0 radical (unpaired) electrons. The van der Waals surface area contributed by atoms with E-state index in [1.54, 1.807) is 6.07 Å². The first kappa shape index (κ1) is 29.1. The fourth-order valence-corrected chi connectivity index (χ4v) is 4.56. The van der Waals surface area contributed by atoms with E-state index in [0.29, 0.717) is 51.3 Å². The van der Waals surface area contributed by atoms with Gasteiger partial charge in [0.1, 0.15) is 17.6 Å². The third-order valence-electron chi connectivity index (χ3n) is 6.73. The maximum Gasteiger partial charge on any atom is 0.328 e. The molecule has 0 aromatic heterocycles. The first-order valence-electron chi connectivity index (χ1n) is 13.3. The van der Waals surface area contributed by atoms with Crippen LogP contribution in [0.3, 0.4) is 0 Å². The highest BCUT2D eigenvalue weighted by molar-refractivity contribution is 5.84. The largest absolute Gasteiger partial charge is 0.493 e. The van der Waals surface area contributed by atoms with Crippen molar-refractivity contribution in [3.05, 3.63) is 65.5 Å². The van der Waals surface area contributed by atoms with Crippen LogP contribution in [0.15, 0.2) is 48.5 Å². The number of likely N-dealkylation sites (tertiary alicyclic amines) is 1. The molecule has 0 saturated carbocycles. The molecule has 1 fully saturated rings. The van der Waals surface area contributed by atoms with E-state index >= 15 is 0 Å². The van der Waals surface area contributed by atoms with Crippen molar-refractivity contribution in [2.75, 3.05) is 26.8 Å². The van der Waals surface area contributed by atoms with Gasteiger partial charge in [0.15, 0.2) is 0 Å². The normalized spacial score (nSPS) is 14.7. The highest BCUT2D eigenvalue weighted by Gasteiger charge is 2.27. The molecule has 1 aliphatic rings. The maximum absolute atomic E-state index is 13.4. The van der Waals surface area contributed by atoms with Crippen molar-refractivity contribution in [2.24, 2.45) is 11.8 Å². The first-order chi connectivity index (χ1) is 18.2. The molecule has 0 aliphatic carbocycles. The molecular weight excluding hydrogens is 487 g/mol. The number of carbonyl (C=O) groups is 3. The Hall–Kier alpha value is -3.42. The molecule has 1 aliphatic heterocycles. The molecule has 1 saturated heterocycles. The average molecular weight is 527 g/mol. The summed E-state index contributed by atoms with van der Waals surface area (Å²) in [6.45, 7) is 5.97. The van der Waals surface area contributed by atoms with Crippen molar-refractivity contribution in [3.8, 4) is 5.75 Å². The van der Waals surface area contributed by atoms with Crippen LogP contribution in [0.4, 0.5) is 4.39 Å². The summed E-state index contributed by atoms with van der Waals surface area (Å²) in [5.74, 6) is 0.382. The van der Waals surface area contributed by atoms with E-state index < -0.39 is 12.0 Å². The van der Waals surface area contributed by atoms with Crippen LogP contribution in [0, 0.1) is 17.7 Å². The van der Waals surface area contributed by atoms with Gasteiger partial charge in [-0.1, -0.05) is 38.1 Å². The second kappa shape index (κ2) is 14.5. The fraction of sp³-hybridized carbons (Fsp3) is 0.500. The van der Waals surface area contributed by atoms with Crippen molar-refractivity contribution in [2.45, 2.75) is 58.4 Å². The molecule has 1 heterocycles. The summed E-state index contributed by atoms with van der Waals surface area (Å²) in [6.07, 6.45) is 2.89. The minimum atomic E-state index is -0.778. The van der Waals surface area contributed by atoms with E-state index in [4.69, 9.17) is 9.47 Å². The van der Waals surface area contributed by atoms with E-state index in [2.05, 4.69) is 19.2 Å². The van der Waals surface area contributed by atoms with E-state index in [-0.39, 0.29) is 23.5 Å². The summed E-state index contributed by atoms with van der Waals surface area (Å²) < 4.78 is 24.0. The monoisotopic (exact) mass is 526 g/mol. The number of nitrogens with one attached hydrogen (secondary N) is 1. The Morgan fingerprint density at radius 2 is 1.76 bits per heavy atom. The molecular formula is C30H39FN2O5. The van der Waals surface area contributed by atoms with Crippen molar-refractivity contribution >= 4 is 17.8 Å². The lowest BCUT2D eigenvalue weighted by Gasteiger charge is -2.32. The molecule has 7 nitrogen and oxygen atoms in total. The number of carbonyl (C=O) groups excluding carboxylic acids is 3. The number of ether oxygens (including phenoxy) is 2. The Morgan fingerprint density at radius 1 is 1.05 bits per heavy atom. The molecule has 1 N–H and O–H groups in total. The van der Waals surface area contributed by atoms with Crippen LogP contribution >= 0.6 is 0 Å². The smallest absolute Gasteiger partial charge is 0.328 e. The summed E-state index contributed by atoms with van der Waals surface area (Å²) in [6, 6.07) is 13.0. The molecule has 2 aromatic rings. The van der Waals surface area contributed by atoms with Crippen LogP contribution in [0.25, 0.3) is 0 Å². The Bertz CT molecular complexity index is 1060. The average Bonchev–Trinajstić information content (AvgIpc) is 2.91. The van der Waals surface area contributed by atoms with Crippen LogP contribution in [0.1, 0.15) is 50.7 Å². The topological polar surface area (TPSA) is 84.9 Å². The lowest BCUT2D eigenvalue weighted by Crippen LogP contribution is -2.44. The van der Waals surface area contributed by atoms with Crippen molar-refractivity contribution in [1.29, 1.82) is 0 Å². The standard InChI is InChI=1S/C30H39FN2O5/c1-21(2)20-38-26-10-7-23(8-11-26)18-27(30(36)37-3)32-28(34)19-24-13-15-33(16-14-24)29(35)12-9-22-5-4-6-25(31)17-22/h4-8,10-11,17,21,24,27H,9,12-16,18-20H2,1-3H3,(H,32,34). The van der Waals surface area contributed by atoms with Crippen LogP contribution in [-0.4, -0.2) is 55.5 Å². The Morgan fingerprint density at radius 3 is 2.39 bits per heavy atom. The van der Waals surface area contributed by atoms with Crippen LogP contribution in [0.5, 0.6) is 5.75 Å². The highest BCUT2D eigenvalue weighted by Crippen LogP contribution is 2.22. The minimum absolute atomic E-state index is 0.0449. The lowest BCUT2D eigenvalue weighted by atomic mass is 9.92.